The summed E-state index contributed by atoms with van der Waals surface area (Å²) in [4.78, 5) is 3.63. The summed E-state index contributed by atoms with van der Waals surface area (Å²) in [6, 6.07) is 12.9. The molecule has 108 valence electrons. The lowest BCUT2D eigenvalue weighted by atomic mass is 10.1. The molecule has 0 aliphatic rings. The molecular weight excluding hydrogens is 288 g/mol. The number of halogens is 1. The number of nitrogens with one attached hydrogen (secondary N) is 1. The summed E-state index contributed by atoms with van der Waals surface area (Å²) >= 11 is 8.05. The first-order valence-electron chi connectivity index (χ1n) is 6.77. The van der Waals surface area contributed by atoms with Crippen molar-refractivity contribution in [3.8, 4) is 0 Å². The number of nitrogens with zero attached hydrogens (tertiary/aromatic N) is 1. The molecule has 0 saturated heterocycles. The molecule has 20 heavy (non-hydrogen) atoms. The SMILES string of the molecule is CC(NCC(c1cccs1)N(C)C)c1ccccc1Cl. The van der Waals surface area contributed by atoms with Crippen molar-refractivity contribution in [3.05, 3.63) is 57.2 Å². The zero-order chi connectivity index (χ0) is 14.5. The van der Waals surface area contributed by atoms with Gasteiger partial charge in [-0.3, -0.25) is 0 Å². The van der Waals surface area contributed by atoms with Crippen molar-refractivity contribution in [2.75, 3.05) is 20.6 Å². The van der Waals surface area contributed by atoms with Crippen molar-refractivity contribution in [3.63, 3.8) is 0 Å². The number of thiophene rings is 1. The highest BCUT2D eigenvalue weighted by molar-refractivity contribution is 7.10. The predicted molar refractivity (Wildman–Crippen MR) is 88.6 cm³/mol. The zero-order valence-corrected chi connectivity index (χ0v) is 13.7. The third kappa shape index (κ3) is 3.83. The van der Waals surface area contributed by atoms with E-state index in [1.54, 1.807) is 11.3 Å². The van der Waals surface area contributed by atoms with Gasteiger partial charge in [0.25, 0.3) is 0 Å². The van der Waals surface area contributed by atoms with Gasteiger partial charge in [-0.15, -0.1) is 11.3 Å². The van der Waals surface area contributed by atoms with Crippen LogP contribution in [0.3, 0.4) is 0 Å². The number of hydrogen-bond donors (Lipinski definition) is 1. The molecule has 4 heteroatoms. The van der Waals surface area contributed by atoms with E-state index in [0.717, 1.165) is 17.1 Å². The fourth-order valence-electron chi connectivity index (χ4n) is 2.24. The molecule has 0 fully saturated rings. The Morgan fingerprint density at radius 2 is 1.95 bits per heavy atom. The minimum atomic E-state index is 0.242. The van der Waals surface area contributed by atoms with E-state index >= 15 is 0 Å². The maximum atomic E-state index is 6.25. The second kappa shape index (κ2) is 7.23. The van der Waals surface area contributed by atoms with Gasteiger partial charge < -0.3 is 10.2 Å². The summed E-state index contributed by atoms with van der Waals surface area (Å²) in [6.45, 7) is 3.06. The Bertz CT molecular complexity index is 525. The third-order valence-corrected chi connectivity index (χ3v) is 4.80. The summed E-state index contributed by atoms with van der Waals surface area (Å²) < 4.78 is 0. The normalized spacial score (nSPS) is 14.4. The minimum Gasteiger partial charge on any atom is -0.308 e. The monoisotopic (exact) mass is 308 g/mol. The molecule has 2 atom stereocenters. The summed E-state index contributed by atoms with van der Waals surface area (Å²) in [5.41, 5.74) is 1.15. The maximum absolute atomic E-state index is 6.25. The highest BCUT2D eigenvalue weighted by Crippen LogP contribution is 2.25. The van der Waals surface area contributed by atoms with Crippen LogP contribution in [0.1, 0.15) is 29.4 Å². The van der Waals surface area contributed by atoms with Gasteiger partial charge in [0.1, 0.15) is 0 Å². The largest absolute Gasteiger partial charge is 0.308 e. The number of hydrogen-bond acceptors (Lipinski definition) is 3. The van der Waals surface area contributed by atoms with Crippen molar-refractivity contribution in [2.24, 2.45) is 0 Å². The zero-order valence-electron chi connectivity index (χ0n) is 12.1. The van der Waals surface area contributed by atoms with E-state index in [1.807, 2.05) is 18.2 Å². The Kier molecular flexibility index (Phi) is 5.61. The van der Waals surface area contributed by atoms with E-state index in [4.69, 9.17) is 11.6 Å². The summed E-state index contributed by atoms with van der Waals surface area (Å²) in [5.74, 6) is 0. The maximum Gasteiger partial charge on any atom is 0.0561 e. The number of likely N-dealkylation sites (N-methyl/N-ethyl adjacent to an activating group) is 1. The van der Waals surface area contributed by atoms with Gasteiger partial charge >= 0.3 is 0 Å². The van der Waals surface area contributed by atoms with Crippen molar-refractivity contribution in [1.29, 1.82) is 0 Å². The molecule has 1 aromatic carbocycles. The lowest BCUT2D eigenvalue weighted by molar-refractivity contribution is 0.285. The first-order valence-corrected chi connectivity index (χ1v) is 8.03. The van der Waals surface area contributed by atoms with Gasteiger partial charge in [0.15, 0.2) is 0 Å². The fourth-order valence-corrected chi connectivity index (χ4v) is 3.47. The molecule has 1 heterocycles. The van der Waals surface area contributed by atoms with Crippen LogP contribution in [0.4, 0.5) is 0 Å². The third-order valence-electron chi connectivity index (χ3n) is 3.48. The van der Waals surface area contributed by atoms with Gasteiger partial charge in [-0.05, 0) is 44.1 Å². The average molecular weight is 309 g/mol. The molecule has 0 saturated carbocycles. The van der Waals surface area contributed by atoms with Crippen LogP contribution in [0.2, 0.25) is 5.02 Å². The van der Waals surface area contributed by atoms with Crippen LogP contribution in [0.15, 0.2) is 41.8 Å². The van der Waals surface area contributed by atoms with Crippen molar-refractivity contribution in [1.82, 2.24) is 10.2 Å². The Balaban J connectivity index is 2.01. The highest BCUT2D eigenvalue weighted by Gasteiger charge is 2.17. The molecule has 1 aromatic heterocycles. The molecule has 2 rings (SSSR count). The summed E-state index contributed by atoms with van der Waals surface area (Å²) in [7, 11) is 4.23. The standard InChI is InChI=1S/C16H21ClN2S/c1-12(13-7-4-5-8-14(13)17)18-11-15(19(2)3)16-9-6-10-20-16/h4-10,12,15,18H,11H2,1-3H3. The van der Waals surface area contributed by atoms with Crippen LogP contribution in [0, 0.1) is 0 Å². The number of rotatable bonds is 6. The van der Waals surface area contributed by atoms with Crippen LogP contribution < -0.4 is 5.32 Å². The molecule has 2 nitrogen and oxygen atoms in total. The van der Waals surface area contributed by atoms with Crippen LogP contribution >= 0.6 is 22.9 Å². The molecule has 0 aliphatic carbocycles. The average Bonchev–Trinajstić information content (AvgIpc) is 2.92. The van der Waals surface area contributed by atoms with Crippen LogP contribution in [-0.2, 0) is 0 Å². The number of benzene rings is 1. The van der Waals surface area contributed by atoms with Crippen molar-refractivity contribution < 1.29 is 0 Å². The lowest BCUT2D eigenvalue weighted by Crippen LogP contribution is -2.32. The molecule has 0 aliphatic heterocycles. The second-order valence-electron chi connectivity index (χ2n) is 5.15. The van der Waals surface area contributed by atoms with E-state index in [1.165, 1.54) is 4.88 Å². The quantitative estimate of drug-likeness (QED) is 0.853. The summed E-state index contributed by atoms with van der Waals surface area (Å²) in [5, 5.41) is 6.54. The van der Waals surface area contributed by atoms with Crippen LogP contribution in [-0.4, -0.2) is 25.5 Å². The first-order chi connectivity index (χ1) is 9.59. The van der Waals surface area contributed by atoms with E-state index in [0.29, 0.717) is 6.04 Å². The van der Waals surface area contributed by atoms with E-state index in [-0.39, 0.29) is 6.04 Å². The molecule has 2 aromatic rings. The van der Waals surface area contributed by atoms with Crippen LogP contribution in [0.25, 0.3) is 0 Å². The summed E-state index contributed by atoms with van der Waals surface area (Å²) in [6.07, 6.45) is 0. The predicted octanol–water partition coefficient (Wildman–Crippen LogP) is 4.36. The van der Waals surface area contributed by atoms with Gasteiger partial charge in [-0.1, -0.05) is 35.9 Å². The van der Waals surface area contributed by atoms with Crippen molar-refractivity contribution >= 4 is 22.9 Å². The van der Waals surface area contributed by atoms with E-state index in [9.17, 15) is 0 Å². The van der Waals surface area contributed by atoms with Gasteiger partial charge in [-0.25, -0.2) is 0 Å². The van der Waals surface area contributed by atoms with Gasteiger partial charge in [0, 0.05) is 22.5 Å². The van der Waals surface area contributed by atoms with Gasteiger partial charge in [-0.2, -0.15) is 0 Å². The first kappa shape index (κ1) is 15.5. The Morgan fingerprint density at radius 1 is 1.20 bits per heavy atom. The molecular formula is C16H21ClN2S. The van der Waals surface area contributed by atoms with Crippen molar-refractivity contribution in [2.45, 2.75) is 19.0 Å². The highest BCUT2D eigenvalue weighted by atomic mass is 35.5. The Hall–Kier alpha value is -0.870. The molecule has 0 bridgehead atoms. The van der Waals surface area contributed by atoms with Gasteiger partial charge in [0.05, 0.1) is 6.04 Å². The fraction of sp³-hybridized carbons (Fsp3) is 0.375. The molecule has 0 radical (unpaired) electrons. The van der Waals surface area contributed by atoms with Crippen LogP contribution in [0.5, 0.6) is 0 Å². The molecule has 0 amide bonds. The molecule has 2 unspecified atom stereocenters. The smallest absolute Gasteiger partial charge is 0.0561 e. The second-order valence-corrected chi connectivity index (χ2v) is 6.53. The molecule has 1 N–H and O–H groups in total. The Morgan fingerprint density at radius 3 is 2.55 bits per heavy atom. The van der Waals surface area contributed by atoms with E-state index < -0.39 is 0 Å². The van der Waals surface area contributed by atoms with E-state index in [2.05, 4.69) is 54.8 Å². The minimum absolute atomic E-state index is 0.242. The van der Waals surface area contributed by atoms with Gasteiger partial charge in [0.2, 0.25) is 0 Å². The topological polar surface area (TPSA) is 15.3 Å². The lowest BCUT2D eigenvalue weighted by Gasteiger charge is -2.26. The Labute approximate surface area is 130 Å². The molecule has 0 spiro atoms.